The van der Waals surface area contributed by atoms with Crippen molar-refractivity contribution in [2.45, 2.75) is 39.3 Å². The van der Waals surface area contributed by atoms with E-state index in [0.717, 1.165) is 25.2 Å². The molecule has 0 aliphatic carbocycles. The minimum atomic E-state index is -0.426. The van der Waals surface area contributed by atoms with Crippen LogP contribution in [0.2, 0.25) is 0 Å². The highest BCUT2D eigenvalue weighted by atomic mass is 16.5. The van der Waals surface area contributed by atoms with Gasteiger partial charge in [-0.15, -0.1) is 0 Å². The summed E-state index contributed by atoms with van der Waals surface area (Å²) in [7, 11) is 0. The van der Waals surface area contributed by atoms with Crippen LogP contribution in [0.5, 0.6) is 5.75 Å². The zero-order valence-electron chi connectivity index (χ0n) is 11.1. The Kier molecular flexibility index (Phi) is 6.08. The van der Waals surface area contributed by atoms with Gasteiger partial charge in [0.25, 0.3) is 5.91 Å². The summed E-state index contributed by atoms with van der Waals surface area (Å²) in [6.45, 7) is 3.35. The van der Waals surface area contributed by atoms with Gasteiger partial charge in [-0.1, -0.05) is 13.3 Å². The third-order valence-electron chi connectivity index (χ3n) is 2.50. The molecule has 0 spiro atoms. The Morgan fingerprint density at radius 1 is 1.58 bits per heavy atom. The van der Waals surface area contributed by atoms with E-state index in [-0.39, 0.29) is 36.7 Å². The highest BCUT2D eigenvalue weighted by Crippen LogP contribution is 2.05. The molecule has 2 N–H and O–H groups in total. The van der Waals surface area contributed by atoms with Crippen molar-refractivity contribution in [1.29, 1.82) is 0 Å². The molecule has 1 aromatic heterocycles. The van der Waals surface area contributed by atoms with Crippen LogP contribution in [-0.4, -0.2) is 23.7 Å². The number of ether oxygens (including phenoxy) is 1. The summed E-state index contributed by atoms with van der Waals surface area (Å²) in [6.07, 6.45) is 2.96. The Morgan fingerprint density at radius 2 is 2.32 bits per heavy atom. The van der Waals surface area contributed by atoms with E-state index < -0.39 is 5.43 Å². The van der Waals surface area contributed by atoms with E-state index in [1.54, 1.807) is 0 Å². The van der Waals surface area contributed by atoms with Crippen LogP contribution in [0.3, 0.4) is 0 Å². The molecule has 6 nitrogen and oxygen atoms in total. The van der Waals surface area contributed by atoms with Gasteiger partial charge < -0.3 is 19.6 Å². The molecule has 19 heavy (non-hydrogen) atoms. The van der Waals surface area contributed by atoms with Gasteiger partial charge in [-0.3, -0.25) is 9.59 Å². The molecule has 0 bridgehead atoms. The first-order valence-corrected chi connectivity index (χ1v) is 6.21. The number of hydrogen-bond acceptors (Lipinski definition) is 5. The minimum absolute atomic E-state index is 0.0458. The first kappa shape index (κ1) is 15.2. The van der Waals surface area contributed by atoms with Crippen LogP contribution >= 0.6 is 0 Å². The lowest BCUT2D eigenvalue weighted by Gasteiger charge is -2.12. The van der Waals surface area contributed by atoms with Crippen molar-refractivity contribution in [2.24, 2.45) is 0 Å². The van der Waals surface area contributed by atoms with Gasteiger partial charge >= 0.3 is 0 Å². The third-order valence-corrected chi connectivity index (χ3v) is 2.50. The fraction of sp³-hybridized carbons (Fsp3) is 0.538. The quantitative estimate of drug-likeness (QED) is 0.765. The molecule has 1 atom stereocenters. The maximum atomic E-state index is 11.5. The molecule has 0 radical (unpaired) electrons. The first-order chi connectivity index (χ1) is 9.06. The Bertz CT molecular complexity index is 468. The Labute approximate surface area is 111 Å². The molecule has 1 unspecified atom stereocenters. The maximum absolute atomic E-state index is 11.5. The second-order valence-electron chi connectivity index (χ2n) is 4.28. The van der Waals surface area contributed by atoms with Crippen LogP contribution in [0.25, 0.3) is 0 Å². The summed E-state index contributed by atoms with van der Waals surface area (Å²) in [4.78, 5) is 23.0. The van der Waals surface area contributed by atoms with Crippen molar-refractivity contribution in [3.05, 3.63) is 28.3 Å². The average molecular weight is 269 g/mol. The molecule has 1 amide bonds. The van der Waals surface area contributed by atoms with Gasteiger partial charge in [0.05, 0.1) is 0 Å². The summed E-state index contributed by atoms with van der Waals surface area (Å²) < 4.78 is 10.0. The van der Waals surface area contributed by atoms with Crippen LogP contribution in [-0.2, 0) is 11.4 Å². The molecule has 0 aliphatic heterocycles. The lowest BCUT2D eigenvalue weighted by atomic mass is 10.2. The fourth-order valence-electron chi connectivity index (χ4n) is 1.59. The second kappa shape index (κ2) is 7.58. The van der Waals surface area contributed by atoms with Crippen molar-refractivity contribution in [3.63, 3.8) is 0 Å². The summed E-state index contributed by atoms with van der Waals surface area (Å²) in [6, 6.07) is 1.21. The summed E-state index contributed by atoms with van der Waals surface area (Å²) in [5, 5.41) is 11.5. The number of aliphatic hydroxyl groups excluding tert-OH is 1. The molecule has 0 fully saturated rings. The van der Waals surface area contributed by atoms with E-state index >= 15 is 0 Å². The number of carbonyl (C=O) groups excluding carboxylic acids is 1. The normalized spacial score (nSPS) is 11.9. The van der Waals surface area contributed by atoms with Crippen molar-refractivity contribution in [2.75, 3.05) is 6.61 Å². The van der Waals surface area contributed by atoms with Gasteiger partial charge in [-0.05, 0) is 13.3 Å². The van der Waals surface area contributed by atoms with Crippen molar-refractivity contribution in [3.8, 4) is 5.75 Å². The Morgan fingerprint density at radius 3 is 2.89 bits per heavy atom. The lowest BCUT2D eigenvalue weighted by molar-refractivity contribution is -0.123. The van der Waals surface area contributed by atoms with Crippen molar-refractivity contribution < 1.29 is 19.1 Å². The van der Waals surface area contributed by atoms with E-state index in [9.17, 15) is 9.59 Å². The van der Waals surface area contributed by atoms with E-state index in [1.807, 2.05) is 13.8 Å². The molecular formula is C13H19NO5. The van der Waals surface area contributed by atoms with E-state index in [0.29, 0.717) is 0 Å². The third kappa shape index (κ3) is 5.13. The topological polar surface area (TPSA) is 88.8 Å². The standard InChI is InChI=1S/C13H19NO5/c1-3-4-9(2)14-13(17)8-19-12-7-18-10(6-15)5-11(12)16/h5,7,9,15H,3-4,6,8H2,1-2H3,(H,14,17). The minimum Gasteiger partial charge on any atom is -0.477 e. The number of rotatable bonds is 7. The van der Waals surface area contributed by atoms with E-state index in [4.69, 9.17) is 14.3 Å². The van der Waals surface area contributed by atoms with Gasteiger partial charge in [-0.2, -0.15) is 0 Å². The summed E-state index contributed by atoms with van der Waals surface area (Å²) >= 11 is 0. The highest BCUT2D eigenvalue weighted by molar-refractivity contribution is 5.77. The summed E-state index contributed by atoms with van der Waals surface area (Å²) in [5.74, 6) is -0.180. The van der Waals surface area contributed by atoms with Gasteiger partial charge in [0.2, 0.25) is 11.2 Å². The zero-order valence-corrected chi connectivity index (χ0v) is 11.1. The van der Waals surface area contributed by atoms with Crippen LogP contribution in [0, 0.1) is 0 Å². The molecule has 6 heteroatoms. The van der Waals surface area contributed by atoms with Gasteiger partial charge in [0.1, 0.15) is 18.6 Å². The molecule has 0 saturated carbocycles. The average Bonchev–Trinajstić information content (AvgIpc) is 2.37. The van der Waals surface area contributed by atoms with Crippen molar-refractivity contribution >= 4 is 5.91 Å². The number of nitrogens with one attached hydrogen (secondary N) is 1. The first-order valence-electron chi connectivity index (χ1n) is 6.21. The predicted octanol–water partition coefficient (Wildman–Crippen LogP) is 0.816. The maximum Gasteiger partial charge on any atom is 0.258 e. The van der Waals surface area contributed by atoms with Gasteiger partial charge in [-0.25, -0.2) is 0 Å². The SMILES string of the molecule is CCCC(C)NC(=O)COc1coc(CO)cc1=O. The smallest absolute Gasteiger partial charge is 0.258 e. The fourth-order valence-corrected chi connectivity index (χ4v) is 1.59. The molecule has 0 aromatic carbocycles. The molecule has 1 heterocycles. The second-order valence-corrected chi connectivity index (χ2v) is 4.28. The lowest BCUT2D eigenvalue weighted by Crippen LogP contribution is -2.36. The van der Waals surface area contributed by atoms with Crippen molar-refractivity contribution in [1.82, 2.24) is 5.32 Å². The highest BCUT2D eigenvalue weighted by Gasteiger charge is 2.09. The summed E-state index contributed by atoms with van der Waals surface area (Å²) in [5.41, 5.74) is -0.426. The van der Waals surface area contributed by atoms with Gasteiger partial charge in [0, 0.05) is 12.1 Å². The number of hydrogen-bond donors (Lipinski definition) is 2. The molecule has 0 aliphatic rings. The van der Waals surface area contributed by atoms with E-state index in [1.165, 1.54) is 0 Å². The van der Waals surface area contributed by atoms with E-state index in [2.05, 4.69) is 5.32 Å². The molecule has 1 aromatic rings. The predicted molar refractivity (Wildman–Crippen MR) is 68.9 cm³/mol. The van der Waals surface area contributed by atoms with Gasteiger partial charge in [0.15, 0.2) is 6.61 Å². The monoisotopic (exact) mass is 269 g/mol. The van der Waals surface area contributed by atoms with Crippen LogP contribution < -0.4 is 15.5 Å². The zero-order chi connectivity index (χ0) is 14.3. The Hall–Kier alpha value is -1.82. The molecule has 1 rings (SSSR count). The number of carbonyl (C=O) groups is 1. The number of aliphatic hydroxyl groups is 1. The molecular weight excluding hydrogens is 250 g/mol. The molecule has 0 saturated heterocycles. The van der Waals surface area contributed by atoms with Crippen LogP contribution in [0.4, 0.5) is 0 Å². The Balaban J connectivity index is 2.48. The van der Waals surface area contributed by atoms with Crippen LogP contribution in [0.15, 0.2) is 21.5 Å². The molecule has 106 valence electrons. The largest absolute Gasteiger partial charge is 0.477 e. The number of amides is 1. The van der Waals surface area contributed by atoms with Crippen LogP contribution in [0.1, 0.15) is 32.4 Å².